The smallest absolute Gasteiger partial charge is 0.0540 e. The molecule has 2 atom stereocenters. The minimum Gasteiger partial charge on any atom is -0.310 e. The van der Waals surface area contributed by atoms with Gasteiger partial charge < -0.3 is 9.80 Å². The van der Waals surface area contributed by atoms with Crippen LogP contribution in [0.25, 0.3) is 159 Å². The molecule has 2 heteroatoms. The fraction of sp³-hybridized carbons (Fsp3) is 0.147. The second-order valence-corrected chi connectivity index (χ2v) is 40.2. The minimum atomic E-state index is -0.309. The standard InChI is InChI=1S/C129H110N2/c1-84-120(127(5,6)7)80-98(81-121(84)128(8,9)10)112-59-29-41-90-43-31-63-119(125(90)112)117-54-20-22-65-123(117)131(103-49-24-45-94(78-103)108-56-27-39-88-36-16-18-52-106(88)108)104-50-25-46-95(79-104)109-57-33-61-114-113-60-32-47-96(110(113)72-73-115(109)114)83-129(11,12)100-76-97(75-99(82-100)126(2,3)4)111-58-28-40-89-42-30-62-118(124(89)111)116-53-19-21-64-122(116)130(101-70-68-86(69-71-101)92-67-66-85-34-13-14-37-91(85)74-92)102-48-23-44-93(77-102)107-55-26-38-87-35-15-17-51-105(87)107/h13-82,84,120H,83H2,1-12H3. The van der Waals surface area contributed by atoms with Crippen LogP contribution in [0.5, 0.6) is 0 Å². The van der Waals surface area contributed by atoms with Gasteiger partial charge in [0.1, 0.15) is 0 Å². The SMILES string of the molecule is CC1C(C(C)(C)C)=CC(c2cccc3cccc(-c4ccccc4N(c4cccc(-c5cccc6ccccc56)c4)c4cccc(-c5cccc6c5ccc5c(CC(C)(C)c7cc(-c8cccc9cccc(-c%10ccccc%10N(c%10ccc(-c%11ccc%12ccccc%12c%11)cc%10)c%10cccc(-c%11cccc%12ccccc%11%12)c%10)c89)cc(C(C)(C)C)c7)cccc56)c4)c23)=CC1C(C)(C)C. The van der Waals surface area contributed by atoms with Gasteiger partial charge in [0.15, 0.2) is 0 Å². The third-order valence-corrected chi connectivity index (χ3v) is 28.1. The first-order valence-electron chi connectivity index (χ1n) is 46.7. The number of rotatable bonds is 17. The molecule has 0 N–H and O–H groups in total. The summed E-state index contributed by atoms with van der Waals surface area (Å²) in [5, 5.41) is 17.3. The van der Waals surface area contributed by atoms with E-state index < -0.39 is 0 Å². The van der Waals surface area contributed by atoms with E-state index in [1.165, 1.54) is 159 Å². The van der Waals surface area contributed by atoms with Crippen LogP contribution < -0.4 is 9.80 Å². The molecule has 2 nitrogen and oxygen atoms in total. The molecule has 0 aromatic heterocycles. The zero-order valence-electron chi connectivity index (χ0n) is 77.2. The molecule has 20 aromatic carbocycles. The largest absolute Gasteiger partial charge is 0.310 e. The highest BCUT2D eigenvalue weighted by Gasteiger charge is 2.38. The van der Waals surface area contributed by atoms with E-state index in [1.807, 2.05) is 0 Å². The van der Waals surface area contributed by atoms with Crippen molar-refractivity contribution in [3.05, 3.63) is 452 Å². The molecule has 1 aliphatic carbocycles. The highest BCUT2D eigenvalue weighted by Crippen LogP contribution is 2.54. The zero-order valence-corrected chi connectivity index (χ0v) is 77.2. The van der Waals surface area contributed by atoms with Crippen molar-refractivity contribution < 1.29 is 0 Å². The summed E-state index contributed by atoms with van der Waals surface area (Å²) >= 11 is 0. The number of hydrogen-bond donors (Lipinski definition) is 0. The Bertz CT molecular complexity index is 7920. The van der Waals surface area contributed by atoms with Crippen molar-refractivity contribution in [1.82, 2.24) is 0 Å². The Kier molecular flexibility index (Phi) is 21.2. The molecule has 0 heterocycles. The number of nitrogens with zero attached hydrogens (tertiary/aromatic N) is 2. The molecule has 1 aliphatic rings. The van der Waals surface area contributed by atoms with Crippen LogP contribution in [0, 0.1) is 22.7 Å². The lowest BCUT2D eigenvalue weighted by Gasteiger charge is -2.42. The van der Waals surface area contributed by atoms with Crippen molar-refractivity contribution in [3.8, 4) is 77.9 Å². The molecule has 0 saturated heterocycles. The average Bonchev–Trinajstić information content (AvgIpc) is 0.748. The summed E-state index contributed by atoms with van der Waals surface area (Å²) < 4.78 is 0. The van der Waals surface area contributed by atoms with Crippen molar-refractivity contribution in [2.45, 2.75) is 100 Å². The molecule has 20 aromatic rings. The molecule has 0 saturated carbocycles. The highest BCUT2D eigenvalue weighted by atomic mass is 15.2. The molecule has 0 bridgehead atoms. The summed E-state index contributed by atoms with van der Waals surface area (Å²) in [7, 11) is 0. The lowest BCUT2D eigenvalue weighted by molar-refractivity contribution is 0.219. The molecule has 0 amide bonds. The maximum atomic E-state index is 2.60. The van der Waals surface area contributed by atoms with Crippen molar-refractivity contribution in [2.75, 3.05) is 9.80 Å². The van der Waals surface area contributed by atoms with E-state index in [2.05, 4.69) is 518 Å². The van der Waals surface area contributed by atoms with Crippen LogP contribution in [0.15, 0.2) is 430 Å². The van der Waals surface area contributed by atoms with E-state index >= 15 is 0 Å². The molecular formula is C129H110N2. The van der Waals surface area contributed by atoms with E-state index in [0.717, 1.165) is 68.4 Å². The van der Waals surface area contributed by atoms with Crippen LogP contribution in [0.1, 0.15) is 105 Å². The third-order valence-electron chi connectivity index (χ3n) is 28.1. The Morgan fingerprint density at radius 1 is 0.244 bits per heavy atom. The first kappa shape index (κ1) is 83.2. The fourth-order valence-electron chi connectivity index (χ4n) is 21.6. The summed E-state index contributed by atoms with van der Waals surface area (Å²) in [6, 6.07) is 155. The van der Waals surface area contributed by atoms with Gasteiger partial charge in [-0.2, -0.15) is 0 Å². The summed E-state index contributed by atoms with van der Waals surface area (Å²) in [5.41, 5.74) is 30.6. The van der Waals surface area contributed by atoms with Gasteiger partial charge in [0.05, 0.1) is 11.4 Å². The maximum Gasteiger partial charge on any atom is 0.0540 e. The van der Waals surface area contributed by atoms with Crippen LogP contribution in [0.2, 0.25) is 0 Å². The lowest BCUT2D eigenvalue weighted by Crippen LogP contribution is -2.32. The van der Waals surface area contributed by atoms with Crippen LogP contribution >= 0.6 is 0 Å². The van der Waals surface area contributed by atoms with Crippen molar-refractivity contribution >= 4 is 115 Å². The van der Waals surface area contributed by atoms with Gasteiger partial charge in [-0.1, -0.05) is 447 Å². The van der Waals surface area contributed by atoms with Gasteiger partial charge in [-0.3, -0.25) is 0 Å². The fourth-order valence-corrected chi connectivity index (χ4v) is 21.6. The highest BCUT2D eigenvalue weighted by molar-refractivity contribution is 6.15. The van der Waals surface area contributed by atoms with Gasteiger partial charge in [-0.25, -0.2) is 0 Å². The van der Waals surface area contributed by atoms with Crippen molar-refractivity contribution in [1.29, 1.82) is 0 Å². The summed E-state index contributed by atoms with van der Waals surface area (Å²) in [5.74, 6) is 0.757. The Balaban J connectivity index is 0.652. The Morgan fingerprint density at radius 3 is 1.20 bits per heavy atom. The minimum absolute atomic E-state index is 0.00326. The van der Waals surface area contributed by atoms with Gasteiger partial charge in [0.25, 0.3) is 0 Å². The summed E-state index contributed by atoms with van der Waals surface area (Å²) in [6.45, 7) is 28.9. The van der Waals surface area contributed by atoms with Crippen LogP contribution in [-0.2, 0) is 17.3 Å². The summed E-state index contributed by atoms with van der Waals surface area (Å²) in [6.07, 6.45) is 5.96. The average molecular weight is 1690 g/mol. The molecule has 636 valence electrons. The van der Waals surface area contributed by atoms with Gasteiger partial charge >= 0.3 is 0 Å². The first-order chi connectivity index (χ1) is 63.5. The molecule has 0 aliphatic heterocycles. The molecule has 0 radical (unpaired) electrons. The monoisotopic (exact) mass is 1690 g/mol. The second kappa shape index (κ2) is 33.4. The van der Waals surface area contributed by atoms with E-state index in [1.54, 1.807) is 0 Å². The topological polar surface area (TPSA) is 6.48 Å². The molecule has 2 unspecified atom stereocenters. The number of hydrogen-bond acceptors (Lipinski definition) is 2. The van der Waals surface area contributed by atoms with Crippen LogP contribution in [0.4, 0.5) is 34.1 Å². The predicted molar refractivity (Wildman–Crippen MR) is 566 cm³/mol. The molecule has 0 fully saturated rings. The van der Waals surface area contributed by atoms with E-state index in [4.69, 9.17) is 0 Å². The molecule has 21 rings (SSSR count). The normalized spacial score (nSPS) is 13.9. The first-order valence-corrected chi connectivity index (χ1v) is 46.7. The van der Waals surface area contributed by atoms with E-state index in [9.17, 15) is 0 Å². The zero-order chi connectivity index (χ0) is 89.6. The van der Waals surface area contributed by atoms with Gasteiger partial charge in [0, 0.05) is 33.9 Å². The van der Waals surface area contributed by atoms with Crippen molar-refractivity contribution in [2.24, 2.45) is 22.7 Å². The van der Waals surface area contributed by atoms with E-state index in [0.29, 0.717) is 11.8 Å². The molecule has 0 spiro atoms. The quantitative estimate of drug-likeness (QED) is 0.0839. The number of allylic oxidation sites excluding steroid dienone is 4. The molecule has 131 heavy (non-hydrogen) atoms. The number of benzene rings is 20. The Morgan fingerprint density at radius 2 is 0.649 bits per heavy atom. The number of para-hydroxylation sites is 2. The van der Waals surface area contributed by atoms with Crippen molar-refractivity contribution in [3.63, 3.8) is 0 Å². The van der Waals surface area contributed by atoms with Gasteiger partial charge in [-0.15, -0.1) is 0 Å². The lowest BCUT2D eigenvalue weighted by atomic mass is 9.63. The summed E-state index contributed by atoms with van der Waals surface area (Å²) in [4.78, 5) is 5.00. The second-order valence-electron chi connectivity index (χ2n) is 40.2. The maximum absolute atomic E-state index is 2.60. The number of anilines is 6. The van der Waals surface area contributed by atoms with Gasteiger partial charge in [-0.05, 0) is 277 Å². The third kappa shape index (κ3) is 15.7. The predicted octanol–water partition coefficient (Wildman–Crippen LogP) is 36.9. The Hall–Kier alpha value is -14.7. The Labute approximate surface area is 772 Å². The van der Waals surface area contributed by atoms with E-state index in [-0.39, 0.29) is 21.7 Å². The van der Waals surface area contributed by atoms with Crippen LogP contribution in [-0.4, -0.2) is 0 Å². The van der Waals surface area contributed by atoms with Crippen LogP contribution in [0.3, 0.4) is 0 Å². The molecular weight excluding hydrogens is 1580 g/mol. The van der Waals surface area contributed by atoms with Gasteiger partial charge in [0.2, 0.25) is 0 Å². The number of fused-ring (bicyclic) bond motifs is 8.